The lowest BCUT2D eigenvalue weighted by Gasteiger charge is -2.20. The van der Waals surface area contributed by atoms with Crippen molar-refractivity contribution in [2.75, 3.05) is 14.1 Å². The molecule has 7 nitrogen and oxygen atoms in total. The molecule has 1 aliphatic carbocycles. The monoisotopic (exact) mass is 364 g/mol. The van der Waals surface area contributed by atoms with E-state index in [9.17, 15) is 0 Å². The fraction of sp³-hybridized carbons (Fsp3) is 0.350. The molecule has 0 radical (unpaired) electrons. The smallest absolute Gasteiger partial charge is 0.194 e. The van der Waals surface area contributed by atoms with Crippen LogP contribution in [0.25, 0.3) is 5.69 Å². The summed E-state index contributed by atoms with van der Waals surface area (Å²) in [5.41, 5.74) is 5.80. The molecular weight excluding hydrogens is 340 g/mol. The van der Waals surface area contributed by atoms with Crippen molar-refractivity contribution >= 4 is 5.96 Å². The second-order valence-corrected chi connectivity index (χ2v) is 6.72. The third-order valence-corrected chi connectivity index (χ3v) is 4.89. The number of nitrogens with one attached hydrogen (secondary N) is 1. The Hall–Kier alpha value is -3.09. The highest BCUT2D eigenvalue weighted by Gasteiger charge is 2.23. The number of rotatable bonds is 5. The SMILES string of the molecule is CN=C(NCc1nn(-c2ccccc2)c2c1CCC2)N(C)Cc1ccon1. The van der Waals surface area contributed by atoms with Crippen LogP contribution >= 0.6 is 0 Å². The molecule has 140 valence electrons. The number of guanidine groups is 1. The van der Waals surface area contributed by atoms with Gasteiger partial charge in [0, 0.05) is 25.9 Å². The highest BCUT2D eigenvalue weighted by atomic mass is 16.5. The molecule has 0 bridgehead atoms. The van der Waals surface area contributed by atoms with Crippen molar-refractivity contribution in [1.29, 1.82) is 0 Å². The van der Waals surface area contributed by atoms with Gasteiger partial charge >= 0.3 is 0 Å². The molecule has 0 atom stereocenters. The molecule has 2 aromatic heterocycles. The normalized spacial score (nSPS) is 13.6. The number of para-hydroxylation sites is 1. The van der Waals surface area contributed by atoms with Crippen LogP contribution < -0.4 is 5.32 Å². The Bertz CT molecular complexity index is 914. The standard InChI is InChI=1S/C20H24N6O/c1-21-20(25(2)14-15-11-12-27-24-15)22-13-18-17-9-6-10-19(17)26(23-18)16-7-4-3-5-8-16/h3-5,7-8,11-12H,6,9-10,13-14H2,1-2H3,(H,21,22). The Morgan fingerprint density at radius 3 is 2.85 bits per heavy atom. The van der Waals surface area contributed by atoms with E-state index in [1.165, 1.54) is 17.7 Å². The predicted molar refractivity (Wildman–Crippen MR) is 104 cm³/mol. The summed E-state index contributed by atoms with van der Waals surface area (Å²) in [6.07, 6.45) is 4.94. The van der Waals surface area contributed by atoms with Crippen LogP contribution in [0.3, 0.4) is 0 Å². The van der Waals surface area contributed by atoms with E-state index in [1.807, 2.05) is 24.1 Å². The molecule has 2 heterocycles. The molecular formula is C20H24N6O. The molecule has 1 aromatic carbocycles. The van der Waals surface area contributed by atoms with E-state index in [0.717, 1.165) is 35.9 Å². The summed E-state index contributed by atoms with van der Waals surface area (Å²) >= 11 is 0. The van der Waals surface area contributed by atoms with Gasteiger partial charge in [0.2, 0.25) is 0 Å². The van der Waals surface area contributed by atoms with Gasteiger partial charge in [-0.3, -0.25) is 4.99 Å². The van der Waals surface area contributed by atoms with Crippen molar-refractivity contribution < 1.29 is 4.52 Å². The minimum Gasteiger partial charge on any atom is -0.364 e. The average molecular weight is 364 g/mol. The van der Waals surface area contributed by atoms with Gasteiger partial charge in [-0.05, 0) is 37.0 Å². The molecule has 0 spiro atoms. The molecule has 7 heteroatoms. The van der Waals surface area contributed by atoms with Gasteiger partial charge in [0.1, 0.15) is 12.0 Å². The molecule has 0 saturated carbocycles. The van der Waals surface area contributed by atoms with E-state index < -0.39 is 0 Å². The largest absolute Gasteiger partial charge is 0.364 e. The van der Waals surface area contributed by atoms with Crippen LogP contribution in [0.15, 0.2) is 52.2 Å². The summed E-state index contributed by atoms with van der Waals surface area (Å²) in [6.45, 7) is 1.28. The molecule has 0 saturated heterocycles. The van der Waals surface area contributed by atoms with Crippen LogP contribution in [-0.4, -0.2) is 39.9 Å². The maximum absolute atomic E-state index is 4.90. The van der Waals surface area contributed by atoms with Crippen molar-refractivity contribution in [2.24, 2.45) is 4.99 Å². The van der Waals surface area contributed by atoms with Gasteiger partial charge in [0.15, 0.2) is 5.96 Å². The van der Waals surface area contributed by atoms with E-state index in [1.54, 1.807) is 13.3 Å². The molecule has 3 aromatic rings. The van der Waals surface area contributed by atoms with E-state index >= 15 is 0 Å². The van der Waals surface area contributed by atoms with Gasteiger partial charge in [-0.15, -0.1) is 0 Å². The number of aliphatic imine (C=N–C) groups is 1. The highest BCUT2D eigenvalue weighted by molar-refractivity contribution is 5.79. The van der Waals surface area contributed by atoms with Crippen molar-refractivity contribution in [3.05, 3.63) is 65.3 Å². The van der Waals surface area contributed by atoms with Crippen LogP contribution in [0.1, 0.15) is 29.1 Å². The zero-order chi connectivity index (χ0) is 18.6. The Morgan fingerprint density at radius 1 is 1.26 bits per heavy atom. The van der Waals surface area contributed by atoms with Gasteiger partial charge in [-0.1, -0.05) is 23.4 Å². The van der Waals surface area contributed by atoms with Crippen molar-refractivity contribution in [3.8, 4) is 5.69 Å². The second kappa shape index (κ2) is 7.65. The molecule has 0 fully saturated rings. The fourth-order valence-corrected chi connectivity index (χ4v) is 3.62. The number of hydrogen-bond acceptors (Lipinski definition) is 4. The molecule has 4 rings (SSSR count). The lowest BCUT2D eigenvalue weighted by molar-refractivity contribution is 0.391. The number of hydrogen-bond donors (Lipinski definition) is 1. The molecule has 1 N–H and O–H groups in total. The van der Waals surface area contributed by atoms with Crippen molar-refractivity contribution in [1.82, 2.24) is 25.2 Å². The summed E-state index contributed by atoms with van der Waals surface area (Å²) in [5, 5.41) is 12.3. The van der Waals surface area contributed by atoms with Gasteiger partial charge in [0.05, 0.1) is 24.5 Å². The van der Waals surface area contributed by atoms with Gasteiger partial charge in [-0.2, -0.15) is 5.10 Å². The number of benzene rings is 1. The Kier molecular flexibility index (Phi) is 4.91. The minimum absolute atomic E-state index is 0.632. The van der Waals surface area contributed by atoms with Crippen molar-refractivity contribution in [2.45, 2.75) is 32.4 Å². The number of nitrogens with zero attached hydrogens (tertiary/aromatic N) is 5. The fourth-order valence-electron chi connectivity index (χ4n) is 3.62. The van der Waals surface area contributed by atoms with Crippen LogP contribution in [0.4, 0.5) is 0 Å². The predicted octanol–water partition coefficient (Wildman–Crippen LogP) is 2.56. The molecule has 0 aliphatic heterocycles. The maximum atomic E-state index is 4.90. The summed E-state index contributed by atoms with van der Waals surface area (Å²) in [6, 6.07) is 12.2. The van der Waals surface area contributed by atoms with E-state index in [-0.39, 0.29) is 0 Å². The minimum atomic E-state index is 0.632. The third kappa shape index (κ3) is 3.58. The zero-order valence-electron chi connectivity index (χ0n) is 15.7. The Balaban J connectivity index is 1.49. The van der Waals surface area contributed by atoms with Crippen LogP contribution in [0, 0.1) is 0 Å². The van der Waals surface area contributed by atoms with Gasteiger partial charge < -0.3 is 14.7 Å². The van der Waals surface area contributed by atoms with E-state index in [2.05, 4.69) is 44.4 Å². The molecule has 0 amide bonds. The summed E-state index contributed by atoms with van der Waals surface area (Å²) in [4.78, 5) is 6.40. The number of fused-ring (bicyclic) bond motifs is 1. The first-order valence-electron chi connectivity index (χ1n) is 9.22. The third-order valence-electron chi connectivity index (χ3n) is 4.89. The summed E-state index contributed by atoms with van der Waals surface area (Å²) in [7, 11) is 3.77. The average Bonchev–Trinajstić information content (AvgIpc) is 3.42. The lowest BCUT2D eigenvalue weighted by atomic mass is 10.2. The first-order chi connectivity index (χ1) is 13.3. The molecule has 1 aliphatic rings. The summed E-state index contributed by atoms with van der Waals surface area (Å²) < 4.78 is 7.00. The topological polar surface area (TPSA) is 71.5 Å². The second-order valence-electron chi connectivity index (χ2n) is 6.72. The first kappa shape index (κ1) is 17.3. The van der Waals surface area contributed by atoms with Crippen molar-refractivity contribution in [3.63, 3.8) is 0 Å². The quantitative estimate of drug-likeness (QED) is 0.556. The van der Waals surface area contributed by atoms with Gasteiger partial charge in [-0.25, -0.2) is 4.68 Å². The first-order valence-corrected chi connectivity index (χ1v) is 9.22. The van der Waals surface area contributed by atoms with Crippen LogP contribution in [0.5, 0.6) is 0 Å². The van der Waals surface area contributed by atoms with Crippen LogP contribution in [-0.2, 0) is 25.9 Å². The van der Waals surface area contributed by atoms with Crippen LogP contribution in [0.2, 0.25) is 0 Å². The Labute approximate surface area is 158 Å². The zero-order valence-corrected chi connectivity index (χ0v) is 15.7. The number of aromatic nitrogens is 3. The van der Waals surface area contributed by atoms with E-state index in [0.29, 0.717) is 13.1 Å². The lowest BCUT2D eigenvalue weighted by Crippen LogP contribution is -2.38. The van der Waals surface area contributed by atoms with E-state index in [4.69, 9.17) is 9.62 Å². The Morgan fingerprint density at radius 2 is 2.11 bits per heavy atom. The molecule has 0 unspecified atom stereocenters. The molecule has 27 heavy (non-hydrogen) atoms. The highest BCUT2D eigenvalue weighted by Crippen LogP contribution is 2.27. The maximum Gasteiger partial charge on any atom is 0.194 e. The van der Waals surface area contributed by atoms with Gasteiger partial charge in [0.25, 0.3) is 0 Å². The summed E-state index contributed by atoms with van der Waals surface area (Å²) in [5.74, 6) is 0.805.